The van der Waals surface area contributed by atoms with Crippen molar-refractivity contribution in [2.75, 3.05) is 25.6 Å². The van der Waals surface area contributed by atoms with Gasteiger partial charge in [-0.3, -0.25) is 0 Å². The highest BCUT2D eigenvalue weighted by Gasteiger charge is 2.30. The van der Waals surface area contributed by atoms with Crippen molar-refractivity contribution in [2.24, 2.45) is 0 Å². The van der Waals surface area contributed by atoms with E-state index in [4.69, 9.17) is 9.47 Å². The third kappa shape index (κ3) is 2.07. The Labute approximate surface area is 108 Å². The van der Waals surface area contributed by atoms with E-state index in [2.05, 4.69) is 17.4 Å². The normalized spacial score (nSPS) is 27.2. The van der Waals surface area contributed by atoms with Gasteiger partial charge in [0.15, 0.2) is 0 Å². The summed E-state index contributed by atoms with van der Waals surface area (Å²) in [6.45, 7) is 1.94. The van der Waals surface area contributed by atoms with Gasteiger partial charge in [-0.1, -0.05) is 12.1 Å². The largest absolute Gasteiger partial charge is 0.495 e. The molecule has 0 bridgehead atoms. The number of fused-ring (bicyclic) bond motifs is 1. The molecule has 0 radical (unpaired) electrons. The van der Waals surface area contributed by atoms with Gasteiger partial charge < -0.3 is 14.8 Å². The fraction of sp³-hybridized carbons (Fsp3) is 0.600. The second kappa shape index (κ2) is 5.19. The van der Waals surface area contributed by atoms with Crippen molar-refractivity contribution in [3.8, 4) is 5.75 Å². The van der Waals surface area contributed by atoms with Gasteiger partial charge in [-0.05, 0) is 37.3 Å². The smallest absolute Gasteiger partial charge is 0.142 e. The van der Waals surface area contributed by atoms with Crippen molar-refractivity contribution in [3.63, 3.8) is 0 Å². The van der Waals surface area contributed by atoms with Gasteiger partial charge in [-0.25, -0.2) is 0 Å². The summed E-state index contributed by atoms with van der Waals surface area (Å²) in [7, 11) is 1.73. The highest BCUT2D eigenvalue weighted by Crippen LogP contribution is 2.41. The number of hydrogen-bond acceptors (Lipinski definition) is 3. The Morgan fingerprint density at radius 2 is 2.22 bits per heavy atom. The van der Waals surface area contributed by atoms with Gasteiger partial charge in [0.1, 0.15) is 5.75 Å². The third-order valence-electron chi connectivity index (χ3n) is 4.10. The molecule has 0 saturated carbocycles. The van der Waals surface area contributed by atoms with Crippen LogP contribution >= 0.6 is 0 Å². The van der Waals surface area contributed by atoms with Crippen LogP contribution in [0.3, 0.4) is 0 Å². The Hall–Kier alpha value is -1.22. The second-order valence-corrected chi connectivity index (χ2v) is 5.15. The van der Waals surface area contributed by atoms with Crippen molar-refractivity contribution in [2.45, 2.75) is 37.7 Å². The minimum atomic E-state index is 0.395. The SMILES string of the molecule is COc1cccc2c1NCCC2C1CCCCO1. The first-order chi connectivity index (χ1) is 8.90. The third-order valence-corrected chi connectivity index (χ3v) is 4.10. The number of nitrogens with one attached hydrogen (secondary N) is 1. The number of ether oxygens (including phenoxy) is 2. The number of anilines is 1. The van der Waals surface area contributed by atoms with Crippen LogP contribution in [0.2, 0.25) is 0 Å². The Morgan fingerprint density at radius 3 is 3.00 bits per heavy atom. The minimum absolute atomic E-state index is 0.395. The first-order valence-electron chi connectivity index (χ1n) is 6.92. The van der Waals surface area contributed by atoms with Crippen LogP contribution in [-0.4, -0.2) is 26.4 Å². The Morgan fingerprint density at radius 1 is 1.28 bits per heavy atom. The monoisotopic (exact) mass is 247 g/mol. The molecule has 98 valence electrons. The molecule has 2 aliphatic heterocycles. The average molecular weight is 247 g/mol. The molecule has 2 unspecified atom stereocenters. The molecule has 0 spiro atoms. The lowest BCUT2D eigenvalue weighted by molar-refractivity contribution is -0.00266. The van der Waals surface area contributed by atoms with E-state index in [9.17, 15) is 0 Å². The molecule has 0 amide bonds. The Balaban J connectivity index is 1.91. The molecule has 3 rings (SSSR count). The van der Waals surface area contributed by atoms with Crippen molar-refractivity contribution >= 4 is 5.69 Å². The summed E-state index contributed by atoms with van der Waals surface area (Å²) in [5.41, 5.74) is 2.54. The van der Waals surface area contributed by atoms with Crippen LogP contribution in [0.25, 0.3) is 0 Å². The summed E-state index contributed by atoms with van der Waals surface area (Å²) >= 11 is 0. The molecular formula is C15H21NO2. The first-order valence-corrected chi connectivity index (χ1v) is 6.92. The molecule has 0 aromatic heterocycles. The predicted octanol–water partition coefficient (Wildman–Crippen LogP) is 3.16. The summed E-state index contributed by atoms with van der Waals surface area (Å²) < 4.78 is 11.4. The number of para-hydroxylation sites is 1. The first kappa shape index (κ1) is 11.8. The fourth-order valence-electron chi connectivity index (χ4n) is 3.19. The van der Waals surface area contributed by atoms with E-state index in [0.717, 1.165) is 25.3 Å². The van der Waals surface area contributed by atoms with Crippen molar-refractivity contribution in [1.29, 1.82) is 0 Å². The van der Waals surface area contributed by atoms with Crippen LogP contribution < -0.4 is 10.1 Å². The fourth-order valence-corrected chi connectivity index (χ4v) is 3.19. The predicted molar refractivity (Wildman–Crippen MR) is 72.4 cm³/mol. The lowest BCUT2D eigenvalue weighted by Gasteiger charge is -2.35. The van der Waals surface area contributed by atoms with Gasteiger partial charge in [0.2, 0.25) is 0 Å². The molecule has 1 N–H and O–H groups in total. The van der Waals surface area contributed by atoms with Gasteiger partial charge >= 0.3 is 0 Å². The molecule has 1 fully saturated rings. The number of methoxy groups -OCH3 is 1. The van der Waals surface area contributed by atoms with E-state index in [-0.39, 0.29) is 0 Å². The zero-order valence-electron chi connectivity index (χ0n) is 10.9. The molecular weight excluding hydrogens is 226 g/mol. The van der Waals surface area contributed by atoms with E-state index < -0.39 is 0 Å². The van der Waals surface area contributed by atoms with Crippen molar-refractivity contribution in [1.82, 2.24) is 0 Å². The summed E-state index contributed by atoms with van der Waals surface area (Å²) in [6.07, 6.45) is 5.26. The summed E-state index contributed by atoms with van der Waals surface area (Å²) in [6, 6.07) is 6.32. The molecule has 3 heteroatoms. The van der Waals surface area contributed by atoms with Gasteiger partial charge in [-0.2, -0.15) is 0 Å². The van der Waals surface area contributed by atoms with E-state index >= 15 is 0 Å². The molecule has 18 heavy (non-hydrogen) atoms. The van der Waals surface area contributed by atoms with Gasteiger partial charge in [0.25, 0.3) is 0 Å². The Bertz CT molecular complexity index is 413. The maximum absolute atomic E-state index is 5.98. The topological polar surface area (TPSA) is 30.5 Å². The molecule has 2 aliphatic rings. The van der Waals surface area contributed by atoms with Crippen LogP contribution in [-0.2, 0) is 4.74 Å². The maximum Gasteiger partial charge on any atom is 0.142 e. The van der Waals surface area contributed by atoms with Crippen LogP contribution in [0.1, 0.15) is 37.2 Å². The number of rotatable bonds is 2. The van der Waals surface area contributed by atoms with E-state index in [0.29, 0.717) is 12.0 Å². The summed E-state index contributed by atoms with van der Waals surface area (Å²) in [5, 5.41) is 3.47. The standard InChI is InChI=1S/C15H21NO2/c1-17-14-7-4-5-12-11(8-9-16-15(12)14)13-6-2-3-10-18-13/h4-5,7,11,13,16H,2-3,6,8-10H2,1H3. The molecule has 2 heterocycles. The molecule has 1 aromatic rings. The van der Waals surface area contributed by atoms with Gasteiger partial charge in [0.05, 0.1) is 18.9 Å². The molecule has 3 nitrogen and oxygen atoms in total. The number of hydrogen-bond donors (Lipinski definition) is 1. The highest BCUT2D eigenvalue weighted by molar-refractivity contribution is 5.64. The Kier molecular flexibility index (Phi) is 3.41. The van der Waals surface area contributed by atoms with E-state index in [1.54, 1.807) is 7.11 Å². The highest BCUT2D eigenvalue weighted by atomic mass is 16.5. The quantitative estimate of drug-likeness (QED) is 0.870. The second-order valence-electron chi connectivity index (χ2n) is 5.15. The average Bonchev–Trinajstić information content (AvgIpc) is 2.47. The lowest BCUT2D eigenvalue weighted by Crippen LogP contribution is -2.31. The van der Waals surface area contributed by atoms with Crippen LogP contribution in [0.15, 0.2) is 18.2 Å². The van der Waals surface area contributed by atoms with Crippen molar-refractivity contribution < 1.29 is 9.47 Å². The summed E-state index contributed by atoms with van der Waals surface area (Å²) in [4.78, 5) is 0. The zero-order valence-corrected chi connectivity index (χ0v) is 10.9. The van der Waals surface area contributed by atoms with Gasteiger partial charge in [0, 0.05) is 19.1 Å². The zero-order chi connectivity index (χ0) is 12.4. The number of benzene rings is 1. The molecule has 0 aliphatic carbocycles. The van der Waals surface area contributed by atoms with Crippen LogP contribution in [0.5, 0.6) is 5.75 Å². The minimum Gasteiger partial charge on any atom is -0.495 e. The molecule has 2 atom stereocenters. The van der Waals surface area contributed by atoms with Crippen LogP contribution in [0.4, 0.5) is 5.69 Å². The van der Waals surface area contributed by atoms with E-state index in [1.165, 1.54) is 30.5 Å². The van der Waals surface area contributed by atoms with Gasteiger partial charge in [-0.15, -0.1) is 0 Å². The van der Waals surface area contributed by atoms with Crippen LogP contribution in [0, 0.1) is 0 Å². The maximum atomic E-state index is 5.98. The molecule has 1 aromatic carbocycles. The molecule has 1 saturated heterocycles. The van der Waals surface area contributed by atoms with E-state index in [1.807, 2.05) is 6.07 Å². The van der Waals surface area contributed by atoms with Crippen molar-refractivity contribution in [3.05, 3.63) is 23.8 Å². The summed E-state index contributed by atoms with van der Waals surface area (Å²) in [5.74, 6) is 1.48. The lowest BCUT2D eigenvalue weighted by atomic mass is 9.83.